The number of aromatic amines is 2. The Kier molecular flexibility index (Phi) is 30.2. The van der Waals surface area contributed by atoms with Gasteiger partial charge in [-0.2, -0.15) is 0 Å². The van der Waals surface area contributed by atoms with Gasteiger partial charge in [-0.3, -0.25) is 67.1 Å². The number of benzene rings is 2. The van der Waals surface area contributed by atoms with E-state index in [9.17, 15) is 67.1 Å². The fourth-order valence-electron chi connectivity index (χ4n) is 14.5. The lowest BCUT2D eigenvalue weighted by Gasteiger charge is -2.48. The first-order valence-electron chi connectivity index (χ1n) is 38.7. The third-order valence-corrected chi connectivity index (χ3v) is 19.0. The Morgan fingerprint density at radius 3 is 0.815 bits per heavy atom. The molecule has 11 rings (SSSR count). The zero-order valence-corrected chi connectivity index (χ0v) is 69.4. The predicted molar refractivity (Wildman–Crippen MR) is 417 cm³/mol. The molecule has 0 amide bonds. The lowest BCUT2D eigenvalue weighted by atomic mass is 9.96. The molecule has 9 heterocycles. The van der Waals surface area contributed by atoms with Crippen molar-refractivity contribution in [3.63, 3.8) is 0 Å². The van der Waals surface area contributed by atoms with Gasteiger partial charge in [0.1, 0.15) is 74.6 Å². The number of nitrogens with one attached hydrogen (secondary N) is 2. The van der Waals surface area contributed by atoms with Crippen molar-refractivity contribution in [3.8, 4) is 33.8 Å². The highest BCUT2D eigenvalue weighted by Crippen LogP contribution is 2.42. The van der Waals surface area contributed by atoms with Crippen LogP contribution in [0.4, 0.5) is 0 Å². The van der Waals surface area contributed by atoms with Gasteiger partial charge < -0.3 is 114 Å². The highest BCUT2D eigenvalue weighted by molar-refractivity contribution is 5.93. The number of hydrogen-bond donors (Lipinski definition) is 2. The summed E-state index contributed by atoms with van der Waals surface area (Å²) in [5, 5.41) is 0. The molecule has 0 radical (unpaired) electrons. The molecule has 662 valence electrons. The van der Waals surface area contributed by atoms with Crippen molar-refractivity contribution in [1.29, 1.82) is 0 Å². The Labute approximate surface area is 706 Å². The molecule has 6 aliphatic heterocycles. The second kappa shape index (κ2) is 40.8. The second-order valence-electron chi connectivity index (χ2n) is 28.8. The maximum Gasteiger partial charge on any atom is 0.303 e. The van der Waals surface area contributed by atoms with Crippen molar-refractivity contribution in [1.82, 2.24) is 19.9 Å². The third-order valence-electron chi connectivity index (χ3n) is 19.0. The van der Waals surface area contributed by atoms with Crippen molar-refractivity contribution in [3.05, 3.63) is 108 Å². The van der Waals surface area contributed by atoms with Gasteiger partial charge in [0.05, 0.1) is 22.8 Å². The van der Waals surface area contributed by atoms with Crippen molar-refractivity contribution in [2.75, 3.05) is 26.4 Å². The van der Waals surface area contributed by atoms with Crippen LogP contribution < -0.4 is 9.47 Å². The predicted octanol–water partition coefficient (Wildman–Crippen LogP) is 5.99. The molecule has 0 aliphatic carbocycles. The Bertz CT molecular complexity index is 4800. The summed E-state index contributed by atoms with van der Waals surface area (Å²) in [6.45, 7) is 12.0. The van der Waals surface area contributed by atoms with Crippen LogP contribution in [0.1, 0.15) is 120 Å². The molecule has 0 spiro atoms. The van der Waals surface area contributed by atoms with Crippen molar-refractivity contribution in [2.45, 2.75) is 220 Å². The molecule has 40 heteroatoms. The minimum Gasteiger partial charge on any atom is -0.463 e. The van der Waals surface area contributed by atoms with E-state index in [-0.39, 0.29) is 11.5 Å². The summed E-state index contributed by atoms with van der Waals surface area (Å²) in [6.07, 6.45) is -26.8. The standard InChI is InChI=1S/C84H90N4O36/c1-37(89)103-33-63-69(107-41(5)93)73(109-43(7)95)79(115-49(13)101)83(121-63)123-71-65(35-105-39(3)91)119-81(77(113-47(11)99)75(71)111-45(9)97)117-57-23-15-51(16-24-57)67-59-27-19-53(85-59)31-55-21-29-61(87-55)68(62-30-22-56(88-62)32-54-20-28-60(67)86-54)52-17-25-58(26-18-52)118-82-78(114-48(12)100)76(112-46(10)98)72(66(120-82)36-106-40(4)92)124-84-80(116-50(14)102)74(110-44(8)96)70(108-42(6)94)64(122-84)34-104-38(2)90/h15-32,63-66,69-85,88H,33-36H2,1-14H3/t63-,64-,65-,66-,69+,70+,71-,72-,73+,74+,75+,76+,77-,78-,79-,80-,81-,82-,83+,84+/m1/s1. The van der Waals surface area contributed by atoms with E-state index in [2.05, 4.69) is 9.97 Å². The van der Waals surface area contributed by atoms with Crippen LogP contribution >= 0.6 is 0 Å². The minimum atomic E-state index is -1.92. The average molecular weight is 1730 g/mol. The van der Waals surface area contributed by atoms with Crippen molar-refractivity contribution < 1.29 is 171 Å². The Morgan fingerprint density at radius 2 is 0.532 bits per heavy atom. The van der Waals surface area contributed by atoms with Crippen LogP contribution in [0, 0.1) is 0 Å². The first kappa shape index (κ1) is 91.7. The van der Waals surface area contributed by atoms with Gasteiger partial charge in [0.25, 0.3) is 0 Å². The number of fused-ring (bicyclic) bond motifs is 8. The zero-order chi connectivity index (χ0) is 89.7. The van der Waals surface area contributed by atoms with Crippen LogP contribution in [0.5, 0.6) is 11.5 Å². The van der Waals surface area contributed by atoms with E-state index in [1.807, 2.05) is 60.7 Å². The summed E-state index contributed by atoms with van der Waals surface area (Å²) in [5.74, 6) is -12.5. The molecule has 20 atom stereocenters. The molecule has 40 nitrogen and oxygen atoms in total. The number of carbonyl (C=O) groups excluding carboxylic acids is 14. The van der Waals surface area contributed by atoms with E-state index in [0.29, 0.717) is 67.1 Å². The fourth-order valence-corrected chi connectivity index (χ4v) is 14.5. The Hall–Kier alpha value is -13.0. The smallest absolute Gasteiger partial charge is 0.303 e. The number of rotatable bonds is 28. The molecule has 124 heavy (non-hydrogen) atoms. The van der Waals surface area contributed by atoms with Gasteiger partial charge in [-0.05, 0) is 96.1 Å². The molecule has 2 aromatic carbocycles. The molecule has 2 N–H and O–H groups in total. The lowest BCUT2D eigenvalue weighted by molar-refractivity contribution is -0.354. The molecule has 4 fully saturated rings. The normalized spacial score (nSPS) is 26.1. The van der Waals surface area contributed by atoms with E-state index in [0.717, 1.165) is 96.9 Å². The highest BCUT2D eigenvalue weighted by atomic mass is 16.8. The number of hydrogen-bond acceptors (Lipinski definition) is 38. The first-order valence-corrected chi connectivity index (χ1v) is 38.7. The Morgan fingerprint density at radius 1 is 0.282 bits per heavy atom. The van der Waals surface area contributed by atoms with Gasteiger partial charge >= 0.3 is 83.6 Å². The van der Waals surface area contributed by atoms with Crippen molar-refractivity contribution in [2.24, 2.45) is 0 Å². The SMILES string of the molecule is CC(=O)OC[C@H]1O[C@@H](O[C@H]2[C@H](OC(C)=O)[C@@H](OC(C)=O)[C@H](Oc3ccc(-c4c5nc(cc6ccc([nH]6)c(-c6ccc(O[C@@H]7O[C@H](COC(C)=O)[C@@H](O[C@@H]8O[C@H](COC(C)=O)[C@H](OC(C)=O)[C@H](OC(C)=O)[C@H]8OC(C)=O)[C@H](OC(C)=O)[C@H]7OC(C)=O)cc6)c6nc(cc7ccc4[nH]7)C=C6)C=C5)cc3)O[C@@H]2COC(C)=O)[C@H](OC(C)=O)[C@@H](OC(C)=O)[C@H]1OC(C)=O. The van der Waals surface area contributed by atoms with Gasteiger partial charge in [-0.25, -0.2) is 9.97 Å². The summed E-state index contributed by atoms with van der Waals surface area (Å²) in [7, 11) is 0. The van der Waals surface area contributed by atoms with Gasteiger partial charge in [0.2, 0.25) is 24.8 Å². The molecule has 0 unspecified atom stereocenters. The number of H-pyrrole nitrogens is 2. The van der Waals surface area contributed by atoms with Crippen LogP contribution in [0.25, 0.3) is 68.6 Å². The van der Waals surface area contributed by atoms with Crippen LogP contribution in [0.15, 0.2) is 84.9 Å². The van der Waals surface area contributed by atoms with Gasteiger partial charge in [0, 0.05) is 130 Å². The van der Waals surface area contributed by atoms with Gasteiger partial charge in [-0.15, -0.1) is 0 Å². The first-order chi connectivity index (χ1) is 58.9. The molecule has 8 bridgehead atoms. The largest absolute Gasteiger partial charge is 0.463 e. The molecule has 4 saturated heterocycles. The van der Waals surface area contributed by atoms with E-state index in [4.69, 9.17) is 114 Å². The quantitative estimate of drug-likeness (QED) is 0.0420. The molecule has 3 aromatic heterocycles. The van der Waals surface area contributed by atoms with E-state index in [1.165, 1.54) is 0 Å². The second-order valence-corrected chi connectivity index (χ2v) is 28.8. The monoisotopic (exact) mass is 1730 g/mol. The number of esters is 14. The summed E-state index contributed by atoms with van der Waals surface area (Å²) < 4.78 is 130. The molecule has 0 saturated carbocycles. The summed E-state index contributed by atoms with van der Waals surface area (Å²) in [5.41, 5.74) is 6.91. The van der Waals surface area contributed by atoms with Crippen LogP contribution in [0.3, 0.4) is 0 Å². The van der Waals surface area contributed by atoms with E-state index >= 15 is 0 Å². The van der Waals surface area contributed by atoms with E-state index in [1.54, 1.807) is 48.5 Å². The fraction of sp³-hybridized carbons (Fsp3) is 0.452. The molecule has 5 aromatic rings. The Balaban J connectivity index is 0.895. The third kappa shape index (κ3) is 23.8. The topological polar surface area (TPSA) is 499 Å². The average Bonchev–Trinajstić information content (AvgIpc) is 0.880. The number of aromatic nitrogens is 4. The van der Waals surface area contributed by atoms with Gasteiger partial charge in [-0.1, -0.05) is 24.3 Å². The summed E-state index contributed by atoms with van der Waals surface area (Å²) in [4.78, 5) is 196. The summed E-state index contributed by atoms with van der Waals surface area (Å²) >= 11 is 0. The number of ether oxygens (including phenoxy) is 22. The molecular formula is C84H90N4O36. The molecule has 6 aliphatic rings. The van der Waals surface area contributed by atoms with Gasteiger partial charge in [0.15, 0.2) is 61.4 Å². The van der Waals surface area contributed by atoms with Crippen LogP contribution in [-0.4, -0.2) is 253 Å². The van der Waals surface area contributed by atoms with Crippen LogP contribution in [-0.2, 0) is 162 Å². The number of nitrogens with zero attached hydrogens (tertiary/aromatic N) is 2. The highest BCUT2D eigenvalue weighted by Gasteiger charge is 2.61. The van der Waals surface area contributed by atoms with E-state index < -0.39 is 233 Å². The minimum absolute atomic E-state index is 0.0889. The lowest BCUT2D eigenvalue weighted by Crippen LogP contribution is -2.67. The zero-order valence-electron chi connectivity index (χ0n) is 69.4. The molecular weight excluding hydrogens is 1640 g/mol. The van der Waals surface area contributed by atoms with Crippen LogP contribution in [0.2, 0.25) is 0 Å². The maximum atomic E-state index is 13.2. The summed E-state index contributed by atoms with van der Waals surface area (Å²) in [6, 6.07) is 24.2. The van der Waals surface area contributed by atoms with Crippen molar-refractivity contribution >= 4 is 130 Å². The number of carbonyl (C=O) groups is 14. The maximum absolute atomic E-state index is 13.2.